The summed E-state index contributed by atoms with van der Waals surface area (Å²) in [4.78, 5) is 3.65. The normalized spacial score (nSPS) is 11.3. The second-order valence-electron chi connectivity index (χ2n) is 6.67. The Hall–Kier alpha value is -2.13. The number of para-hydroxylation sites is 1. The number of unbranched alkanes of at least 4 members (excludes halogenated alkanes) is 2. The molecule has 3 aromatic rings. The molecule has 0 spiro atoms. The van der Waals surface area contributed by atoms with Crippen molar-refractivity contribution in [2.75, 3.05) is 6.54 Å². The molecule has 0 aliphatic heterocycles. The first-order valence-corrected chi connectivity index (χ1v) is 9.33. The number of aromatic nitrogens is 1. The van der Waals surface area contributed by atoms with Gasteiger partial charge in [-0.3, -0.25) is 0 Å². The Bertz CT molecular complexity index is 818. The van der Waals surface area contributed by atoms with Crippen LogP contribution < -0.4 is 5.73 Å². The zero-order valence-electron chi connectivity index (χ0n) is 14.9. The van der Waals surface area contributed by atoms with Gasteiger partial charge in [-0.25, -0.2) is 4.39 Å². The third-order valence-electron chi connectivity index (χ3n) is 4.84. The fourth-order valence-corrected chi connectivity index (χ4v) is 3.48. The van der Waals surface area contributed by atoms with Gasteiger partial charge in [0.1, 0.15) is 5.82 Å². The lowest BCUT2D eigenvalue weighted by Crippen LogP contribution is -1.99. The Morgan fingerprint density at radius 1 is 0.960 bits per heavy atom. The fraction of sp³-hybridized carbons (Fsp3) is 0.364. The van der Waals surface area contributed by atoms with Crippen molar-refractivity contribution >= 4 is 10.9 Å². The average Bonchev–Trinajstić information content (AvgIpc) is 3.00. The summed E-state index contributed by atoms with van der Waals surface area (Å²) in [6, 6.07) is 13.3. The Balaban J connectivity index is 2.09. The number of nitrogens with two attached hydrogens (primary N) is 1. The standard InChI is InChI=1S/C22H27FN2/c1-2-3-7-16-8-6-10-20-19(9-4-5-15-24)22(25-21(16)20)17-11-13-18(23)14-12-17/h6,8,10-14,25H,2-5,7,9,15,24H2,1H3. The number of hydrogen-bond donors (Lipinski definition) is 2. The van der Waals surface area contributed by atoms with Crippen LogP contribution in [0, 0.1) is 5.82 Å². The van der Waals surface area contributed by atoms with E-state index >= 15 is 0 Å². The number of hydrogen-bond acceptors (Lipinski definition) is 1. The Labute approximate surface area is 149 Å². The number of rotatable bonds is 8. The number of halogens is 1. The summed E-state index contributed by atoms with van der Waals surface area (Å²) in [5.41, 5.74) is 11.8. The van der Waals surface area contributed by atoms with Gasteiger partial charge in [-0.05, 0) is 79.6 Å². The third kappa shape index (κ3) is 3.93. The van der Waals surface area contributed by atoms with Gasteiger partial charge in [0.2, 0.25) is 0 Å². The fourth-order valence-electron chi connectivity index (χ4n) is 3.48. The maximum atomic E-state index is 13.3. The summed E-state index contributed by atoms with van der Waals surface area (Å²) in [6.07, 6.45) is 6.53. The predicted molar refractivity (Wildman–Crippen MR) is 104 cm³/mol. The largest absolute Gasteiger partial charge is 0.354 e. The van der Waals surface area contributed by atoms with Gasteiger partial charge < -0.3 is 10.7 Å². The lowest BCUT2D eigenvalue weighted by molar-refractivity contribution is 0.628. The Morgan fingerprint density at radius 3 is 2.48 bits per heavy atom. The molecule has 0 unspecified atom stereocenters. The van der Waals surface area contributed by atoms with Crippen molar-refractivity contribution in [2.45, 2.75) is 45.4 Å². The topological polar surface area (TPSA) is 41.8 Å². The van der Waals surface area contributed by atoms with Crippen LogP contribution in [-0.2, 0) is 12.8 Å². The van der Waals surface area contributed by atoms with E-state index in [1.54, 1.807) is 0 Å². The van der Waals surface area contributed by atoms with E-state index in [-0.39, 0.29) is 5.82 Å². The van der Waals surface area contributed by atoms with Gasteiger partial charge in [-0.15, -0.1) is 0 Å². The zero-order valence-corrected chi connectivity index (χ0v) is 14.9. The van der Waals surface area contributed by atoms with Gasteiger partial charge >= 0.3 is 0 Å². The van der Waals surface area contributed by atoms with Crippen molar-refractivity contribution in [1.82, 2.24) is 4.98 Å². The van der Waals surface area contributed by atoms with Crippen molar-refractivity contribution < 1.29 is 4.39 Å². The molecule has 0 bridgehead atoms. The third-order valence-corrected chi connectivity index (χ3v) is 4.84. The number of aryl methyl sites for hydroxylation is 2. The minimum absolute atomic E-state index is 0.201. The Kier molecular flexibility index (Phi) is 5.87. The molecular weight excluding hydrogens is 311 g/mol. The second-order valence-corrected chi connectivity index (χ2v) is 6.67. The molecule has 0 atom stereocenters. The number of fused-ring (bicyclic) bond motifs is 1. The first-order chi connectivity index (χ1) is 12.2. The van der Waals surface area contributed by atoms with Crippen molar-refractivity contribution in [2.24, 2.45) is 5.73 Å². The SMILES string of the molecule is CCCCc1cccc2c(CCCCN)c(-c3ccc(F)cc3)[nH]c12. The maximum Gasteiger partial charge on any atom is 0.123 e. The van der Waals surface area contributed by atoms with Gasteiger partial charge in [-0.1, -0.05) is 31.5 Å². The molecule has 3 N–H and O–H groups in total. The molecule has 0 saturated heterocycles. The second kappa shape index (κ2) is 8.30. The van der Waals surface area contributed by atoms with E-state index in [1.807, 2.05) is 12.1 Å². The molecule has 0 amide bonds. The van der Waals surface area contributed by atoms with E-state index in [2.05, 4.69) is 30.1 Å². The highest BCUT2D eigenvalue weighted by molar-refractivity contribution is 5.92. The Morgan fingerprint density at radius 2 is 1.76 bits per heavy atom. The first-order valence-electron chi connectivity index (χ1n) is 9.33. The molecule has 0 saturated carbocycles. The van der Waals surface area contributed by atoms with Crippen molar-refractivity contribution in [1.29, 1.82) is 0 Å². The van der Waals surface area contributed by atoms with E-state index in [4.69, 9.17) is 5.73 Å². The van der Waals surface area contributed by atoms with Crippen molar-refractivity contribution in [3.63, 3.8) is 0 Å². The van der Waals surface area contributed by atoms with Crippen LogP contribution in [0.25, 0.3) is 22.2 Å². The summed E-state index contributed by atoms with van der Waals surface area (Å²) in [5.74, 6) is -0.201. The molecule has 3 rings (SSSR count). The van der Waals surface area contributed by atoms with Crippen LogP contribution in [0.3, 0.4) is 0 Å². The van der Waals surface area contributed by atoms with E-state index in [9.17, 15) is 4.39 Å². The lowest BCUT2D eigenvalue weighted by Gasteiger charge is -2.05. The smallest absolute Gasteiger partial charge is 0.123 e. The van der Waals surface area contributed by atoms with Crippen molar-refractivity contribution in [3.05, 3.63) is 59.4 Å². The molecular formula is C22H27FN2. The van der Waals surface area contributed by atoms with Gasteiger partial charge in [0.25, 0.3) is 0 Å². The number of H-pyrrole nitrogens is 1. The van der Waals surface area contributed by atoms with E-state index in [0.717, 1.165) is 43.5 Å². The summed E-state index contributed by atoms with van der Waals surface area (Å²) in [5, 5.41) is 1.30. The van der Waals surface area contributed by atoms with Crippen LogP contribution in [0.4, 0.5) is 4.39 Å². The summed E-state index contributed by atoms with van der Waals surface area (Å²) in [7, 11) is 0. The first kappa shape index (κ1) is 17.7. The molecule has 132 valence electrons. The number of aromatic amines is 1. The lowest BCUT2D eigenvalue weighted by atomic mass is 9.98. The number of benzene rings is 2. The highest BCUT2D eigenvalue weighted by Crippen LogP contribution is 2.33. The van der Waals surface area contributed by atoms with Gasteiger partial charge in [0, 0.05) is 16.6 Å². The summed E-state index contributed by atoms with van der Waals surface area (Å²) in [6.45, 7) is 2.94. The molecule has 3 heteroatoms. The van der Waals surface area contributed by atoms with E-state index in [1.165, 1.54) is 47.0 Å². The molecule has 0 radical (unpaired) electrons. The van der Waals surface area contributed by atoms with Crippen LogP contribution >= 0.6 is 0 Å². The maximum absolute atomic E-state index is 13.3. The van der Waals surface area contributed by atoms with Crippen molar-refractivity contribution in [3.8, 4) is 11.3 Å². The predicted octanol–water partition coefficient (Wildman–Crippen LogP) is 5.60. The highest BCUT2D eigenvalue weighted by atomic mass is 19.1. The zero-order chi connectivity index (χ0) is 17.6. The van der Waals surface area contributed by atoms with Crippen LogP contribution in [0.5, 0.6) is 0 Å². The molecule has 1 heterocycles. The highest BCUT2D eigenvalue weighted by Gasteiger charge is 2.15. The van der Waals surface area contributed by atoms with E-state index < -0.39 is 0 Å². The monoisotopic (exact) mass is 338 g/mol. The van der Waals surface area contributed by atoms with Crippen LogP contribution in [-0.4, -0.2) is 11.5 Å². The quantitative estimate of drug-likeness (QED) is 0.516. The van der Waals surface area contributed by atoms with Gasteiger partial charge in [-0.2, -0.15) is 0 Å². The summed E-state index contributed by atoms with van der Waals surface area (Å²) >= 11 is 0. The van der Waals surface area contributed by atoms with Gasteiger partial charge in [0.05, 0.1) is 0 Å². The molecule has 0 aliphatic carbocycles. The molecule has 1 aromatic heterocycles. The van der Waals surface area contributed by atoms with Crippen LogP contribution in [0.15, 0.2) is 42.5 Å². The minimum Gasteiger partial charge on any atom is -0.354 e. The van der Waals surface area contributed by atoms with Crippen LogP contribution in [0.2, 0.25) is 0 Å². The molecule has 0 aliphatic rings. The molecule has 2 nitrogen and oxygen atoms in total. The molecule has 0 fully saturated rings. The number of nitrogens with one attached hydrogen (secondary N) is 1. The minimum atomic E-state index is -0.201. The van der Waals surface area contributed by atoms with Gasteiger partial charge in [0.15, 0.2) is 0 Å². The van der Waals surface area contributed by atoms with E-state index in [0.29, 0.717) is 0 Å². The molecule has 2 aromatic carbocycles. The van der Waals surface area contributed by atoms with Crippen LogP contribution in [0.1, 0.15) is 43.7 Å². The average molecular weight is 338 g/mol. The summed E-state index contributed by atoms with van der Waals surface area (Å²) < 4.78 is 13.3. The molecule has 25 heavy (non-hydrogen) atoms.